The molecule has 0 aliphatic heterocycles. The van der Waals surface area contributed by atoms with Crippen LogP contribution in [0.4, 0.5) is 0 Å². The van der Waals surface area contributed by atoms with Crippen molar-refractivity contribution in [2.75, 3.05) is 7.11 Å². The quantitative estimate of drug-likeness (QED) is 0.442. The number of halogens is 1. The van der Waals surface area contributed by atoms with Crippen molar-refractivity contribution < 1.29 is 9.15 Å². The zero-order chi connectivity index (χ0) is 16.5. The normalized spacial score (nSPS) is 10.9. The van der Waals surface area contributed by atoms with Crippen LogP contribution in [0, 0.1) is 0 Å². The molecule has 3 aromatic carbocycles. The van der Waals surface area contributed by atoms with E-state index in [2.05, 4.69) is 45.2 Å². The Hall–Kier alpha value is -2.59. The van der Waals surface area contributed by atoms with Gasteiger partial charge in [-0.15, -0.1) is 0 Å². The van der Waals surface area contributed by atoms with Gasteiger partial charge >= 0.3 is 0 Å². The molecule has 0 aliphatic carbocycles. The molecule has 0 spiro atoms. The molecule has 0 bridgehead atoms. The lowest BCUT2D eigenvalue weighted by Crippen LogP contribution is -1.82. The number of benzene rings is 3. The topological polar surface area (TPSA) is 35.3 Å². The van der Waals surface area contributed by atoms with E-state index in [9.17, 15) is 0 Å². The zero-order valence-electron chi connectivity index (χ0n) is 13.0. The summed E-state index contributed by atoms with van der Waals surface area (Å²) < 4.78 is 12.0. The summed E-state index contributed by atoms with van der Waals surface area (Å²) in [7, 11) is 1.64. The van der Waals surface area contributed by atoms with Crippen molar-refractivity contribution in [3.8, 4) is 28.3 Å². The maximum atomic E-state index is 5.92. The average molecular weight is 380 g/mol. The maximum Gasteiger partial charge on any atom is 0.227 e. The van der Waals surface area contributed by atoms with Crippen molar-refractivity contribution in [1.29, 1.82) is 0 Å². The maximum absolute atomic E-state index is 5.92. The fraction of sp³-hybridized carbons (Fsp3) is 0.0500. The molecule has 0 saturated heterocycles. The third-order valence-electron chi connectivity index (χ3n) is 3.89. The minimum atomic E-state index is 0.596. The Morgan fingerprint density at radius 2 is 1.54 bits per heavy atom. The molecule has 1 aromatic heterocycles. The van der Waals surface area contributed by atoms with Crippen LogP contribution >= 0.6 is 15.9 Å². The first-order valence-corrected chi connectivity index (χ1v) is 8.34. The van der Waals surface area contributed by atoms with E-state index in [1.807, 2.05) is 42.5 Å². The lowest BCUT2D eigenvalue weighted by molar-refractivity contribution is 0.415. The van der Waals surface area contributed by atoms with Crippen molar-refractivity contribution in [2.45, 2.75) is 0 Å². The molecule has 0 N–H and O–H groups in total. The van der Waals surface area contributed by atoms with E-state index in [-0.39, 0.29) is 0 Å². The van der Waals surface area contributed by atoms with Gasteiger partial charge in [-0.3, -0.25) is 0 Å². The second-order valence-electron chi connectivity index (χ2n) is 5.42. The summed E-state index contributed by atoms with van der Waals surface area (Å²) in [5.74, 6) is 1.34. The fourth-order valence-electron chi connectivity index (χ4n) is 2.64. The van der Waals surface area contributed by atoms with Crippen LogP contribution in [0.25, 0.3) is 33.7 Å². The average Bonchev–Trinajstić information content (AvgIpc) is 3.07. The Labute approximate surface area is 148 Å². The van der Waals surface area contributed by atoms with Crippen LogP contribution in [-0.2, 0) is 0 Å². The number of hydrogen-bond acceptors (Lipinski definition) is 3. The highest BCUT2D eigenvalue weighted by atomic mass is 79.9. The number of fused-ring (bicyclic) bond motifs is 1. The minimum Gasteiger partial charge on any atom is -0.497 e. The van der Waals surface area contributed by atoms with Gasteiger partial charge in [-0.1, -0.05) is 42.5 Å². The molecular formula is C20H14BrNO2. The third kappa shape index (κ3) is 2.69. The van der Waals surface area contributed by atoms with Crippen LogP contribution in [0.15, 0.2) is 75.6 Å². The first-order valence-electron chi connectivity index (χ1n) is 7.54. The van der Waals surface area contributed by atoms with Gasteiger partial charge in [-0.2, -0.15) is 0 Å². The molecule has 1 heterocycles. The Morgan fingerprint density at radius 1 is 0.875 bits per heavy atom. The third-order valence-corrected chi connectivity index (χ3v) is 4.48. The molecule has 3 nitrogen and oxygen atoms in total. The Bertz CT molecular complexity index is 992. The van der Waals surface area contributed by atoms with Gasteiger partial charge in [0.1, 0.15) is 11.3 Å². The summed E-state index contributed by atoms with van der Waals surface area (Å²) in [6.07, 6.45) is 0. The summed E-state index contributed by atoms with van der Waals surface area (Å²) in [4.78, 5) is 4.58. The van der Waals surface area contributed by atoms with Crippen LogP contribution < -0.4 is 4.74 Å². The van der Waals surface area contributed by atoms with Gasteiger partial charge < -0.3 is 9.15 Å². The van der Waals surface area contributed by atoms with E-state index in [0.29, 0.717) is 5.89 Å². The van der Waals surface area contributed by atoms with Gasteiger partial charge in [0.15, 0.2) is 5.58 Å². The van der Waals surface area contributed by atoms with Gasteiger partial charge in [-0.05, 0) is 45.3 Å². The Kier molecular flexibility index (Phi) is 3.82. The van der Waals surface area contributed by atoms with Gasteiger partial charge in [0, 0.05) is 11.6 Å². The fourth-order valence-corrected chi connectivity index (χ4v) is 3.15. The molecule has 0 unspecified atom stereocenters. The van der Waals surface area contributed by atoms with Crippen LogP contribution in [0.5, 0.6) is 5.75 Å². The Balaban J connectivity index is 1.73. The SMILES string of the molecule is COc1cc(Br)c2oc(-c3ccc(-c4ccccc4)cc3)nc2c1. The molecule has 0 aliphatic rings. The molecule has 118 valence electrons. The van der Waals surface area contributed by atoms with Crippen LogP contribution in [-0.4, -0.2) is 12.1 Å². The van der Waals surface area contributed by atoms with Gasteiger partial charge in [-0.25, -0.2) is 4.98 Å². The van der Waals surface area contributed by atoms with E-state index >= 15 is 0 Å². The number of nitrogens with zero attached hydrogens (tertiary/aromatic N) is 1. The van der Waals surface area contributed by atoms with Crippen LogP contribution in [0.1, 0.15) is 0 Å². The molecule has 0 atom stereocenters. The van der Waals surface area contributed by atoms with E-state index in [1.54, 1.807) is 7.11 Å². The summed E-state index contributed by atoms with van der Waals surface area (Å²) >= 11 is 3.50. The summed E-state index contributed by atoms with van der Waals surface area (Å²) in [6.45, 7) is 0. The van der Waals surface area contributed by atoms with Crippen LogP contribution in [0.2, 0.25) is 0 Å². The highest BCUT2D eigenvalue weighted by Gasteiger charge is 2.12. The van der Waals surface area contributed by atoms with E-state index in [1.165, 1.54) is 11.1 Å². The monoisotopic (exact) mass is 379 g/mol. The molecule has 4 aromatic rings. The lowest BCUT2D eigenvalue weighted by Gasteiger charge is -2.02. The predicted molar refractivity (Wildman–Crippen MR) is 99.1 cm³/mol. The van der Waals surface area contributed by atoms with Crippen LogP contribution in [0.3, 0.4) is 0 Å². The molecule has 4 heteroatoms. The largest absolute Gasteiger partial charge is 0.497 e. The number of methoxy groups -OCH3 is 1. The lowest BCUT2D eigenvalue weighted by atomic mass is 10.0. The summed E-state index contributed by atoms with van der Waals surface area (Å²) in [6, 6.07) is 22.2. The predicted octanol–water partition coefficient (Wildman–Crippen LogP) is 5.93. The molecular weight excluding hydrogens is 366 g/mol. The van der Waals surface area contributed by atoms with E-state index < -0.39 is 0 Å². The molecule has 4 rings (SSSR count). The number of hydrogen-bond donors (Lipinski definition) is 0. The molecule has 0 saturated carbocycles. The van der Waals surface area contributed by atoms with Gasteiger partial charge in [0.25, 0.3) is 0 Å². The number of aromatic nitrogens is 1. The van der Waals surface area contributed by atoms with E-state index in [4.69, 9.17) is 9.15 Å². The van der Waals surface area contributed by atoms with Crippen molar-refractivity contribution >= 4 is 27.0 Å². The van der Waals surface area contributed by atoms with Crippen molar-refractivity contribution in [1.82, 2.24) is 4.98 Å². The van der Waals surface area contributed by atoms with Crippen molar-refractivity contribution in [3.05, 3.63) is 71.2 Å². The summed E-state index contributed by atoms with van der Waals surface area (Å²) in [5, 5.41) is 0. The second kappa shape index (κ2) is 6.13. The molecule has 0 fully saturated rings. The summed E-state index contributed by atoms with van der Waals surface area (Å²) in [5.41, 5.74) is 4.78. The number of rotatable bonds is 3. The second-order valence-corrected chi connectivity index (χ2v) is 6.27. The van der Waals surface area contributed by atoms with Gasteiger partial charge in [0.05, 0.1) is 11.6 Å². The highest BCUT2D eigenvalue weighted by Crippen LogP contribution is 2.33. The number of ether oxygens (including phenoxy) is 1. The zero-order valence-corrected chi connectivity index (χ0v) is 14.6. The van der Waals surface area contributed by atoms with E-state index in [0.717, 1.165) is 26.9 Å². The highest BCUT2D eigenvalue weighted by molar-refractivity contribution is 9.10. The molecule has 0 amide bonds. The standard InChI is InChI=1S/C20H14BrNO2/c1-23-16-11-17(21)19-18(12-16)22-20(24-19)15-9-7-14(8-10-15)13-5-3-2-4-6-13/h2-12H,1H3. The molecule has 24 heavy (non-hydrogen) atoms. The minimum absolute atomic E-state index is 0.596. The molecule has 0 radical (unpaired) electrons. The van der Waals surface area contributed by atoms with Crippen molar-refractivity contribution in [3.63, 3.8) is 0 Å². The van der Waals surface area contributed by atoms with Gasteiger partial charge in [0.2, 0.25) is 5.89 Å². The smallest absolute Gasteiger partial charge is 0.227 e. The Morgan fingerprint density at radius 3 is 2.25 bits per heavy atom. The first kappa shape index (κ1) is 15.0. The number of oxazole rings is 1. The van der Waals surface area contributed by atoms with Crippen molar-refractivity contribution in [2.24, 2.45) is 0 Å². The first-order chi connectivity index (χ1) is 11.7.